The Morgan fingerprint density at radius 2 is 2.10 bits per heavy atom. The maximum atomic E-state index is 11.8. The highest BCUT2D eigenvalue weighted by Crippen LogP contribution is 2.22. The number of hydrogen-bond acceptors (Lipinski definition) is 4. The van der Waals surface area contributed by atoms with E-state index in [-0.39, 0.29) is 17.9 Å². The van der Waals surface area contributed by atoms with Crippen LogP contribution in [0.25, 0.3) is 0 Å². The highest BCUT2D eigenvalue weighted by Gasteiger charge is 2.15. The lowest BCUT2D eigenvalue weighted by molar-refractivity contribution is -0.117. The van der Waals surface area contributed by atoms with Gasteiger partial charge in [-0.25, -0.2) is 0 Å². The predicted octanol–water partition coefficient (Wildman–Crippen LogP) is 3.08. The predicted molar refractivity (Wildman–Crippen MR) is 85.6 cm³/mol. The van der Waals surface area contributed by atoms with Gasteiger partial charge in [0.05, 0.1) is 30.0 Å². The quantitative estimate of drug-likeness (QED) is 0.571. The van der Waals surface area contributed by atoms with E-state index in [0.29, 0.717) is 29.6 Å². The van der Waals surface area contributed by atoms with Gasteiger partial charge in [0.25, 0.3) is 0 Å². The van der Waals surface area contributed by atoms with E-state index in [1.54, 1.807) is 25.3 Å². The molecule has 0 aliphatic rings. The molecule has 0 atom stereocenters. The van der Waals surface area contributed by atoms with Gasteiger partial charge >= 0.3 is 0 Å². The molecule has 0 aliphatic heterocycles. The second-order valence-corrected chi connectivity index (χ2v) is 5.79. The van der Waals surface area contributed by atoms with E-state index in [2.05, 4.69) is 5.32 Å². The van der Waals surface area contributed by atoms with E-state index in [0.717, 1.165) is 6.42 Å². The Hall–Kier alpha value is -1.30. The summed E-state index contributed by atoms with van der Waals surface area (Å²) in [7, 11) is 1.67. The molecule has 1 aromatic rings. The van der Waals surface area contributed by atoms with Crippen molar-refractivity contribution in [2.75, 3.05) is 31.4 Å². The van der Waals surface area contributed by atoms with Gasteiger partial charge in [-0.15, -0.1) is 0 Å². The lowest BCUT2D eigenvalue weighted by Crippen LogP contribution is -2.24. The third-order valence-corrected chi connectivity index (χ3v) is 3.40. The summed E-state index contributed by atoms with van der Waals surface area (Å²) < 4.78 is 10.7. The van der Waals surface area contributed by atoms with E-state index < -0.39 is 0 Å². The van der Waals surface area contributed by atoms with Crippen LogP contribution < -0.4 is 11.1 Å². The lowest BCUT2D eigenvalue weighted by atomic mass is 10.1. The molecular formula is C15H23ClN2O3. The molecule has 0 radical (unpaired) electrons. The highest BCUT2D eigenvalue weighted by molar-refractivity contribution is 6.31. The van der Waals surface area contributed by atoms with Crippen molar-refractivity contribution in [3.8, 4) is 0 Å². The molecule has 0 heterocycles. The van der Waals surface area contributed by atoms with Gasteiger partial charge in [0.15, 0.2) is 0 Å². The Kier molecular flexibility index (Phi) is 6.95. The lowest BCUT2D eigenvalue weighted by Gasteiger charge is -2.22. The summed E-state index contributed by atoms with van der Waals surface area (Å²) in [6.45, 7) is 4.88. The van der Waals surface area contributed by atoms with Crippen molar-refractivity contribution >= 4 is 28.9 Å². The Morgan fingerprint density at radius 1 is 1.38 bits per heavy atom. The molecule has 3 N–H and O–H groups in total. The van der Waals surface area contributed by atoms with Crippen LogP contribution >= 0.6 is 11.6 Å². The molecule has 0 saturated carbocycles. The molecule has 5 nitrogen and oxygen atoms in total. The SMILES string of the molecule is COC(C)(C)CCOCCC(=O)Nc1cc(Cl)ccc1N. The van der Waals surface area contributed by atoms with Crippen LogP contribution in [0, 0.1) is 0 Å². The minimum atomic E-state index is -0.211. The minimum absolute atomic E-state index is 0.157. The fourth-order valence-corrected chi connectivity index (χ4v) is 1.71. The summed E-state index contributed by atoms with van der Waals surface area (Å²) in [5.41, 5.74) is 6.55. The Bertz CT molecular complexity index is 478. The van der Waals surface area contributed by atoms with E-state index >= 15 is 0 Å². The summed E-state index contributed by atoms with van der Waals surface area (Å²) in [5, 5.41) is 3.24. The Morgan fingerprint density at radius 3 is 2.76 bits per heavy atom. The molecule has 1 aromatic carbocycles. The molecule has 6 heteroatoms. The van der Waals surface area contributed by atoms with Crippen LogP contribution in [0.5, 0.6) is 0 Å². The third kappa shape index (κ3) is 6.80. The summed E-state index contributed by atoms with van der Waals surface area (Å²) in [6, 6.07) is 4.95. The first kappa shape index (κ1) is 17.8. The van der Waals surface area contributed by atoms with Crippen molar-refractivity contribution in [2.45, 2.75) is 32.3 Å². The maximum absolute atomic E-state index is 11.8. The number of rotatable bonds is 8. The second kappa shape index (κ2) is 8.22. The number of amides is 1. The van der Waals surface area contributed by atoms with Crippen molar-refractivity contribution in [2.24, 2.45) is 0 Å². The number of nitrogens with two attached hydrogens (primary N) is 1. The summed E-state index contributed by atoms with van der Waals surface area (Å²) in [6.07, 6.45) is 1.03. The normalized spacial score (nSPS) is 11.4. The van der Waals surface area contributed by atoms with Gasteiger partial charge in [0, 0.05) is 18.7 Å². The number of hydrogen-bond donors (Lipinski definition) is 2. The number of ether oxygens (including phenoxy) is 2. The number of nitrogens with one attached hydrogen (secondary N) is 1. The molecule has 0 fully saturated rings. The first-order valence-corrected chi connectivity index (χ1v) is 7.19. The van der Waals surface area contributed by atoms with E-state index in [1.165, 1.54) is 0 Å². The average Bonchev–Trinajstić information content (AvgIpc) is 2.42. The number of carbonyl (C=O) groups excluding carboxylic acids is 1. The maximum Gasteiger partial charge on any atom is 0.226 e. The summed E-state index contributed by atoms with van der Waals surface area (Å²) in [4.78, 5) is 11.8. The van der Waals surface area contributed by atoms with Crippen LogP contribution in [0.4, 0.5) is 11.4 Å². The van der Waals surface area contributed by atoms with Gasteiger partial charge in [-0.05, 0) is 38.5 Å². The van der Waals surface area contributed by atoms with Crippen LogP contribution in [0.3, 0.4) is 0 Å². The minimum Gasteiger partial charge on any atom is -0.397 e. The average molecular weight is 315 g/mol. The summed E-state index contributed by atoms with van der Waals surface area (Å²) in [5.74, 6) is -0.157. The number of methoxy groups -OCH3 is 1. The largest absolute Gasteiger partial charge is 0.397 e. The highest BCUT2D eigenvalue weighted by atomic mass is 35.5. The van der Waals surface area contributed by atoms with Crippen molar-refractivity contribution in [1.29, 1.82) is 0 Å². The zero-order valence-corrected chi connectivity index (χ0v) is 13.5. The monoisotopic (exact) mass is 314 g/mol. The van der Waals surface area contributed by atoms with Crippen molar-refractivity contribution < 1.29 is 14.3 Å². The summed E-state index contributed by atoms with van der Waals surface area (Å²) >= 11 is 5.86. The van der Waals surface area contributed by atoms with Crippen LogP contribution in [-0.4, -0.2) is 31.8 Å². The number of nitrogen functional groups attached to an aromatic ring is 1. The molecule has 0 aromatic heterocycles. The van der Waals surface area contributed by atoms with Crippen LogP contribution in [-0.2, 0) is 14.3 Å². The van der Waals surface area contributed by atoms with Crippen LogP contribution in [0.2, 0.25) is 5.02 Å². The van der Waals surface area contributed by atoms with E-state index in [1.807, 2.05) is 13.8 Å². The number of halogens is 1. The fourth-order valence-electron chi connectivity index (χ4n) is 1.54. The van der Waals surface area contributed by atoms with Crippen LogP contribution in [0.1, 0.15) is 26.7 Å². The first-order chi connectivity index (χ1) is 9.84. The number of benzene rings is 1. The van der Waals surface area contributed by atoms with Gasteiger partial charge in [-0.1, -0.05) is 11.6 Å². The molecule has 0 spiro atoms. The molecule has 1 amide bonds. The fraction of sp³-hybridized carbons (Fsp3) is 0.533. The molecular weight excluding hydrogens is 292 g/mol. The van der Waals surface area contributed by atoms with Gasteiger partial charge in [-0.3, -0.25) is 4.79 Å². The first-order valence-electron chi connectivity index (χ1n) is 6.82. The number of carbonyl (C=O) groups is 1. The standard InChI is InChI=1S/C15H23ClN2O3/c1-15(2,20-3)7-9-21-8-6-14(19)18-13-10-11(16)4-5-12(13)17/h4-5,10H,6-9,17H2,1-3H3,(H,18,19). The van der Waals surface area contributed by atoms with Gasteiger partial charge in [-0.2, -0.15) is 0 Å². The third-order valence-electron chi connectivity index (χ3n) is 3.16. The van der Waals surface area contributed by atoms with Crippen molar-refractivity contribution in [3.63, 3.8) is 0 Å². The topological polar surface area (TPSA) is 73.6 Å². The van der Waals surface area contributed by atoms with Crippen molar-refractivity contribution in [1.82, 2.24) is 0 Å². The molecule has 0 bridgehead atoms. The van der Waals surface area contributed by atoms with Gasteiger partial charge < -0.3 is 20.5 Å². The molecule has 0 saturated heterocycles. The van der Waals surface area contributed by atoms with Gasteiger partial charge in [0.1, 0.15) is 0 Å². The molecule has 0 aliphatic carbocycles. The molecule has 21 heavy (non-hydrogen) atoms. The Labute approximate surface area is 130 Å². The second-order valence-electron chi connectivity index (χ2n) is 5.36. The Balaban J connectivity index is 2.27. The smallest absolute Gasteiger partial charge is 0.226 e. The van der Waals surface area contributed by atoms with Crippen LogP contribution in [0.15, 0.2) is 18.2 Å². The molecule has 118 valence electrons. The number of anilines is 2. The zero-order valence-electron chi connectivity index (χ0n) is 12.7. The van der Waals surface area contributed by atoms with Gasteiger partial charge in [0.2, 0.25) is 5.91 Å². The zero-order chi connectivity index (χ0) is 15.9. The molecule has 1 rings (SSSR count). The van der Waals surface area contributed by atoms with E-state index in [9.17, 15) is 4.79 Å². The van der Waals surface area contributed by atoms with Crippen molar-refractivity contribution in [3.05, 3.63) is 23.2 Å². The molecule has 0 unspecified atom stereocenters. The van der Waals surface area contributed by atoms with E-state index in [4.69, 9.17) is 26.8 Å².